The number of rotatable bonds is 3. The first-order chi connectivity index (χ1) is 16.6. The number of para-hydroxylation sites is 1. The Labute approximate surface area is 207 Å². The molecule has 0 bridgehead atoms. The minimum Gasteiger partial charge on any atom is -0.271 e. The Morgan fingerprint density at radius 2 is 1.76 bits per heavy atom. The van der Waals surface area contributed by atoms with E-state index in [1.807, 2.05) is 60.7 Å². The highest BCUT2D eigenvalue weighted by molar-refractivity contribution is 9.10. The van der Waals surface area contributed by atoms with Crippen LogP contribution in [-0.2, 0) is 10.5 Å². The van der Waals surface area contributed by atoms with Gasteiger partial charge in [-0.25, -0.2) is 19.9 Å². The molecule has 4 heterocycles. The van der Waals surface area contributed by atoms with Gasteiger partial charge in [0.05, 0.1) is 11.4 Å². The Balaban J connectivity index is 1.36. The highest BCUT2D eigenvalue weighted by atomic mass is 79.9. The summed E-state index contributed by atoms with van der Waals surface area (Å²) >= 11 is 4.74. The van der Waals surface area contributed by atoms with Gasteiger partial charge in [-0.15, -0.1) is 0 Å². The smallest absolute Gasteiger partial charge is 0.263 e. The van der Waals surface area contributed by atoms with E-state index in [0.29, 0.717) is 28.1 Å². The SMILES string of the molecule is O=C1[C@H](c2ccccc2)N=C2c3ccccc3N=C(SCc3cc(=O)n4cc(Br)ccc4n3)N12. The number of fused-ring (bicyclic) bond motifs is 4. The van der Waals surface area contributed by atoms with Gasteiger partial charge in [-0.3, -0.25) is 14.0 Å². The van der Waals surface area contributed by atoms with Crippen molar-refractivity contribution in [1.82, 2.24) is 14.3 Å². The van der Waals surface area contributed by atoms with Crippen LogP contribution in [0.15, 0.2) is 98.2 Å². The van der Waals surface area contributed by atoms with Gasteiger partial charge in [-0.1, -0.05) is 54.2 Å². The standard InChI is InChI=1S/C25H16BrN5O2S/c26-16-10-11-20-27-17(12-21(32)30(20)13-16)14-34-25-28-19-9-5-4-8-18(19)23-29-22(24(33)31(23)25)15-6-2-1-3-7-15/h1-13,22H,14H2/t22-/m0/s1. The van der Waals surface area contributed by atoms with Crippen LogP contribution in [0.2, 0.25) is 0 Å². The lowest BCUT2D eigenvalue weighted by molar-refractivity contribution is -0.124. The van der Waals surface area contributed by atoms with Gasteiger partial charge < -0.3 is 0 Å². The van der Waals surface area contributed by atoms with E-state index in [1.165, 1.54) is 22.2 Å². The summed E-state index contributed by atoms with van der Waals surface area (Å²) < 4.78 is 2.29. The molecule has 34 heavy (non-hydrogen) atoms. The Hall–Kier alpha value is -3.56. The van der Waals surface area contributed by atoms with Crippen LogP contribution in [0.3, 0.4) is 0 Å². The topological polar surface area (TPSA) is 79.4 Å². The lowest BCUT2D eigenvalue weighted by Crippen LogP contribution is -2.39. The third kappa shape index (κ3) is 3.57. The molecule has 166 valence electrons. The number of aliphatic imine (C=N–C) groups is 2. The van der Waals surface area contributed by atoms with Gasteiger partial charge in [0.25, 0.3) is 11.5 Å². The molecule has 4 aromatic rings. The number of carbonyl (C=O) groups is 1. The van der Waals surface area contributed by atoms with Gasteiger partial charge in [-0.05, 0) is 45.8 Å². The van der Waals surface area contributed by atoms with E-state index >= 15 is 0 Å². The highest BCUT2D eigenvalue weighted by Crippen LogP contribution is 2.38. The molecule has 2 aromatic carbocycles. The van der Waals surface area contributed by atoms with Crippen LogP contribution in [-0.4, -0.2) is 31.2 Å². The van der Waals surface area contributed by atoms with E-state index in [0.717, 1.165) is 21.3 Å². The van der Waals surface area contributed by atoms with Gasteiger partial charge in [0.15, 0.2) is 11.2 Å². The maximum atomic E-state index is 13.5. The average Bonchev–Trinajstić information content (AvgIpc) is 3.21. The molecule has 0 unspecified atom stereocenters. The molecule has 0 N–H and O–H groups in total. The van der Waals surface area contributed by atoms with E-state index in [4.69, 9.17) is 9.98 Å². The Bertz CT molecular complexity index is 1580. The fraction of sp³-hybridized carbons (Fsp3) is 0.0800. The number of pyridine rings is 1. The second-order valence-electron chi connectivity index (χ2n) is 7.80. The van der Waals surface area contributed by atoms with Crippen molar-refractivity contribution in [2.24, 2.45) is 9.98 Å². The normalized spacial score (nSPS) is 16.8. The molecule has 1 atom stereocenters. The van der Waals surface area contributed by atoms with E-state index < -0.39 is 6.04 Å². The molecular formula is C25H16BrN5O2S. The number of hydrogen-bond acceptors (Lipinski definition) is 6. The fourth-order valence-corrected chi connectivity index (χ4v) is 5.27. The Morgan fingerprint density at radius 3 is 2.62 bits per heavy atom. The number of amides is 1. The Morgan fingerprint density at radius 1 is 0.971 bits per heavy atom. The summed E-state index contributed by atoms with van der Waals surface area (Å²) in [7, 11) is 0. The second kappa shape index (κ2) is 8.34. The molecule has 9 heteroatoms. The first-order valence-corrected chi connectivity index (χ1v) is 12.3. The lowest BCUT2D eigenvalue weighted by Gasteiger charge is -2.25. The average molecular weight is 530 g/mol. The van der Waals surface area contributed by atoms with Crippen molar-refractivity contribution < 1.29 is 4.79 Å². The van der Waals surface area contributed by atoms with Crippen LogP contribution >= 0.6 is 27.7 Å². The van der Waals surface area contributed by atoms with Crippen molar-refractivity contribution in [3.05, 3.63) is 111 Å². The summed E-state index contributed by atoms with van der Waals surface area (Å²) in [6.07, 6.45) is 1.69. The Kier molecular flexibility index (Phi) is 5.15. The number of amidine groups is 2. The molecule has 0 fully saturated rings. The molecule has 6 rings (SSSR count). The number of hydrogen-bond donors (Lipinski definition) is 0. The van der Waals surface area contributed by atoms with Crippen LogP contribution in [0.5, 0.6) is 0 Å². The van der Waals surface area contributed by atoms with Crippen LogP contribution in [0.25, 0.3) is 5.65 Å². The van der Waals surface area contributed by atoms with Crippen LogP contribution in [0, 0.1) is 0 Å². The largest absolute Gasteiger partial charge is 0.271 e. The van der Waals surface area contributed by atoms with Gasteiger partial charge in [-0.2, -0.15) is 0 Å². The van der Waals surface area contributed by atoms with Crippen LogP contribution in [0.4, 0.5) is 5.69 Å². The van der Waals surface area contributed by atoms with Crippen molar-refractivity contribution in [3.8, 4) is 0 Å². The van der Waals surface area contributed by atoms with Crippen molar-refractivity contribution in [2.75, 3.05) is 0 Å². The predicted octanol–water partition coefficient (Wildman–Crippen LogP) is 4.72. The molecule has 0 saturated heterocycles. The van der Waals surface area contributed by atoms with Crippen molar-refractivity contribution in [2.45, 2.75) is 11.8 Å². The van der Waals surface area contributed by atoms with Crippen molar-refractivity contribution >= 4 is 55.9 Å². The zero-order chi connectivity index (χ0) is 23.2. The molecular weight excluding hydrogens is 514 g/mol. The first-order valence-electron chi connectivity index (χ1n) is 10.5. The summed E-state index contributed by atoms with van der Waals surface area (Å²) in [4.78, 5) is 41.8. The molecule has 0 saturated carbocycles. The number of benzene rings is 2. The zero-order valence-corrected chi connectivity index (χ0v) is 20.0. The fourth-order valence-electron chi connectivity index (χ4n) is 4.04. The molecule has 0 radical (unpaired) electrons. The van der Waals surface area contributed by atoms with Gasteiger partial charge >= 0.3 is 0 Å². The third-order valence-electron chi connectivity index (χ3n) is 5.61. The van der Waals surface area contributed by atoms with Gasteiger partial charge in [0.1, 0.15) is 11.5 Å². The van der Waals surface area contributed by atoms with Crippen molar-refractivity contribution in [3.63, 3.8) is 0 Å². The molecule has 2 aliphatic rings. The quantitative estimate of drug-likeness (QED) is 0.384. The predicted molar refractivity (Wildman–Crippen MR) is 137 cm³/mol. The molecule has 2 aliphatic heterocycles. The zero-order valence-electron chi connectivity index (χ0n) is 17.6. The van der Waals surface area contributed by atoms with E-state index in [2.05, 4.69) is 20.9 Å². The lowest BCUT2D eigenvalue weighted by atomic mass is 10.1. The molecule has 1 amide bonds. The highest BCUT2D eigenvalue weighted by Gasteiger charge is 2.41. The van der Waals surface area contributed by atoms with E-state index in [1.54, 1.807) is 17.2 Å². The molecule has 2 aromatic heterocycles. The minimum atomic E-state index is -0.616. The van der Waals surface area contributed by atoms with E-state index in [9.17, 15) is 9.59 Å². The summed E-state index contributed by atoms with van der Waals surface area (Å²) in [5.74, 6) is 0.845. The summed E-state index contributed by atoms with van der Waals surface area (Å²) in [5, 5.41) is 0.527. The number of aromatic nitrogens is 2. The van der Waals surface area contributed by atoms with E-state index in [-0.39, 0.29) is 11.5 Å². The molecule has 7 nitrogen and oxygen atoms in total. The second-order valence-corrected chi connectivity index (χ2v) is 9.66. The number of nitrogens with zero attached hydrogens (tertiary/aromatic N) is 5. The summed E-state index contributed by atoms with van der Waals surface area (Å²) in [6.45, 7) is 0. The maximum Gasteiger partial charge on any atom is 0.263 e. The summed E-state index contributed by atoms with van der Waals surface area (Å²) in [6, 6.07) is 21.7. The first kappa shape index (κ1) is 21.0. The number of thioether (sulfide) groups is 1. The minimum absolute atomic E-state index is 0.140. The van der Waals surface area contributed by atoms with Crippen LogP contribution < -0.4 is 5.56 Å². The molecule has 0 spiro atoms. The number of halogens is 1. The van der Waals surface area contributed by atoms with Crippen LogP contribution in [0.1, 0.15) is 22.9 Å². The van der Waals surface area contributed by atoms with Gasteiger partial charge in [0, 0.05) is 28.1 Å². The number of carbonyl (C=O) groups excluding carboxylic acids is 1. The maximum absolute atomic E-state index is 13.5. The monoisotopic (exact) mass is 529 g/mol. The van der Waals surface area contributed by atoms with Gasteiger partial charge in [0.2, 0.25) is 0 Å². The van der Waals surface area contributed by atoms with Crippen molar-refractivity contribution in [1.29, 1.82) is 0 Å². The molecule has 0 aliphatic carbocycles. The summed E-state index contributed by atoms with van der Waals surface area (Å²) in [5.41, 5.74) is 3.44. The third-order valence-corrected chi connectivity index (χ3v) is 7.05.